The highest BCUT2D eigenvalue weighted by molar-refractivity contribution is 8.16. The quantitative estimate of drug-likeness (QED) is 0.252. The van der Waals surface area contributed by atoms with Gasteiger partial charge in [0, 0.05) is 20.4 Å². The zero-order chi connectivity index (χ0) is 18.2. The molecule has 26 heavy (non-hydrogen) atoms. The van der Waals surface area contributed by atoms with E-state index >= 15 is 0 Å². The largest absolute Gasteiger partial charge is 0.504 e. The Labute approximate surface area is 164 Å². The van der Waals surface area contributed by atoms with Gasteiger partial charge in [-0.15, -0.1) is 23.5 Å². The van der Waals surface area contributed by atoms with Gasteiger partial charge in [-0.25, -0.2) is 0 Å². The summed E-state index contributed by atoms with van der Waals surface area (Å²) < 4.78 is 5.40. The molecular formula is C23H22OS2. The van der Waals surface area contributed by atoms with Crippen LogP contribution in [0.4, 0.5) is 0 Å². The van der Waals surface area contributed by atoms with E-state index in [2.05, 4.69) is 85.8 Å². The Kier molecular flexibility index (Phi) is 6.87. The smallest absolute Gasteiger partial charge is 0.0909 e. The number of ether oxygens (including phenoxy) is 1. The molecule has 0 aromatic heterocycles. The summed E-state index contributed by atoms with van der Waals surface area (Å²) in [6.45, 7) is 2.11. The Morgan fingerprint density at radius 3 is 2.27 bits per heavy atom. The van der Waals surface area contributed by atoms with E-state index in [9.17, 15) is 0 Å². The van der Waals surface area contributed by atoms with Crippen molar-refractivity contribution >= 4 is 29.1 Å². The van der Waals surface area contributed by atoms with Gasteiger partial charge in [0.25, 0.3) is 0 Å². The van der Waals surface area contributed by atoms with E-state index in [-0.39, 0.29) is 0 Å². The summed E-state index contributed by atoms with van der Waals surface area (Å²) in [6, 6.07) is 27.6. The van der Waals surface area contributed by atoms with E-state index in [1.807, 2.05) is 29.8 Å². The first-order valence-electron chi connectivity index (χ1n) is 8.48. The molecule has 3 heteroatoms. The molecule has 0 bridgehead atoms. The van der Waals surface area contributed by atoms with Crippen molar-refractivity contribution in [1.29, 1.82) is 0 Å². The van der Waals surface area contributed by atoms with Crippen LogP contribution in [0.5, 0.6) is 0 Å². The average Bonchev–Trinajstić information content (AvgIpc) is 2.68. The molecule has 3 rings (SSSR count). The molecule has 0 fully saturated rings. The molecule has 0 amide bonds. The standard InChI is InChI=1S/C23H22OS2/c1-18-12-14-19(15-13-18)22(16-24-2)21-10-6-7-11-23(21)26-17-25-20-8-4-3-5-9-20/h3-16H,17H2,1-2H3/b22-16+. The molecule has 0 radical (unpaired) electrons. The number of methoxy groups -OCH3 is 1. The summed E-state index contributed by atoms with van der Waals surface area (Å²) in [7, 11) is 1.70. The van der Waals surface area contributed by atoms with Crippen molar-refractivity contribution in [3.05, 3.63) is 102 Å². The lowest BCUT2D eigenvalue weighted by molar-refractivity contribution is 0.340. The van der Waals surface area contributed by atoms with Gasteiger partial charge in [0.2, 0.25) is 0 Å². The maximum absolute atomic E-state index is 5.40. The number of rotatable bonds is 7. The Balaban J connectivity index is 1.82. The lowest BCUT2D eigenvalue weighted by Gasteiger charge is -2.13. The van der Waals surface area contributed by atoms with E-state index < -0.39 is 0 Å². The van der Waals surface area contributed by atoms with E-state index in [0.29, 0.717) is 0 Å². The summed E-state index contributed by atoms with van der Waals surface area (Å²) in [5.41, 5.74) is 4.74. The number of aryl methyl sites for hydroxylation is 1. The van der Waals surface area contributed by atoms with Crippen LogP contribution in [-0.4, -0.2) is 12.2 Å². The van der Waals surface area contributed by atoms with Crippen molar-refractivity contribution in [2.45, 2.75) is 16.7 Å². The third-order valence-corrected chi connectivity index (χ3v) is 6.17. The monoisotopic (exact) mass is 378 g/mol. The van der Waals surface area contributed by atoms with Crippen molar-refractivity contribution in [3.8, 4) is 0 Å². The Morgan fingerprint density at radius 1 is 0.846 bits per heavy atom. The molecule has 0 N–H and O–H groups in total. The van der Waals surface area contributed by atoms with Crippen molar-refractivity contribution in [2.24, 2.45) is 0 Å². The number of hydrogen-bond donors (Lipinski definition) is 0. The lowest BCUT2D eigenvalue weighted by atomic mass is 9.98. The van der Waals surface area contributed by atoms with E-state index in [1.54, 1.807) is 7.11 Å². The van der Waals surface area contributed by atoms with Crippen LogP contribution in [0.1, 0.15) is 16.7 Å². The maximum atomic E-state index is 5.40. The molecule has 0 spiro atoms. The maximum Gasteiger partial charge on any atom is 0.0909 e. The SMILES string of the molecule is CO/C=C(\c1ccc(C)cc1)c1ccccc1SCSc1ccccc1. The van der Waals surface area contributed by atoms with Gasteiger partial charge in [0.15, 0.2) is 0 Å². The van der Waals surface area contributed by atoms with Crippen molar-refractivity contribution < 1.29 is 4.74 Å². The van der Waals surface area contributed by atoms with Gasteiger partial charge in [-0.2, -0.15) is 0 Å². The summed E-state index contributed by atoms with van der Waals surface area (Å²) in [4.78, 5) is 2.56. The Hall–Kier alpha value is -2.10. The summed E-state index contributed by atoms with van der Waals surface area (Å²) >= 11 is 3.72. The minimum absolute atomic E-state index is 0.967. The second-order valence-electron chi connectivity index (χ2n) is 5.85. The van der Waals surface area contributed by atoms with Crippen LogP contribution in [0.25, 0.3) is 5.57 Å². The third kappa shape index (κ3) is 4.96. The van der Waals surface area contributed by atoms with Crippen LogP contribution in [0.15, 0.2) is 94.9 Å². The highest BCUT2D eigenvalue weighted by atomic mass is 32.2. The molecule has 0 aliphatic heterocycles. The summed E-state index contributed by atoms with van der Waals surface area (Å²) in [5.74, 6) is 0. The first-order chi connectivity index (χ1) is 12.8. The van der Waals surface area contributed by atoms with Crippen LogP contribution in [0.3, 0.4) is 0 Å². The molecule has 3 aromatic carbocycles. The molecule has 0 atom stereocenters. The van der Waals surface area contributed by atoms with Gasteiger partial charge in [0.05, 0.1) is 13.4 Å². The topological polar surface area (TPSA) is 9.23 Å². The van der Waals surface area contributed by atoms with Gasteiger partial charge in [-0.3, -0.25) is 0 Å². The Bertz CT molecular complexity index is 855. The number of thioether (sulfide) groups is 2. The fourth-order valence-corrected chi connectivity index (χ4v) is 4.78. The zero-order valence-electron chi connectivity index (χ0n) is 15.0. The second-order valence-corrected chi connectivity index (χ2v) is 8.28. The predicted molar refractivity (Wildman–Crippen MR) is 115 cm³/mol. The minimum Gasteiger partial charge on any atom is -0.504 e. The Morgan fingerprint density at radius 2 is 1.54 bits per heavy atom. The lowest BCUT2D eigenvalue weighted by Crippen LogP contribution is -1.92. The fraction of sp³-hybridized carbons (Fsp3) is 0.130. The first-order valence-corrected chi connectivity index (χ1v) is 10.4. The molecular weight excluding hydrogens is 356 g/mol. The zero-order valence-corrected chi connectivity index (χ0v) is 16.6. The first kappa shape index (κ1) is 18.7. The molecule has 0 unspecified atom stereocenters. The molecule has 132 valence electrons. The second kappa shape index (κ2) is 9.56. The summed E-state index contributed by atoms with van der Waals surface area (Å²) in [5, 5.41) is 0.967. The molecule has 0 aliphatic rings. The average molecular weight is 379 g/mol. The van der Waals surface area contributed by atoms with Crippen LogP contribution in [0, 0.1) is 6.92 Å². The van der Waals surface area contributed by atoms with Gasteiger partial charge in [-0.05, 0) is 36.2 Å². The van der Waals surface area contributed by atoms with Gasteiger partial charge in [0.1, 0.15) is 0 Å². The molecule has 1 nitrogen and oxygen atoms in total. The predicted octanol–water partition coefficient (Wildman–Crippen LogP) is 6.87. The fourth-order valence-electron chi connectivity index (χ4n) is 2.63. The normalized spacial score (nSPS) is 11.4. The summed E-state index contributed by atoms with van der Waals surface area (Å²) in [6.07, 6.45) is 1.84. The van der Waals surface area contributed by atoms with Gasteiger partial charge in [-0.1, -0.05) is 66.2 Å². The molecule has 0 aliphatic carbocycles. The van der Waals surface area contributed by atoms with Crippen molar-refractivity contribution in [2.75, 3.05) is 12.2 Å². The molecule has 0 saturated heterocycles. The van der Waals surface area contributed by atoms with E-state index in [1.165, 1.54) is 26.5 Å². The van der Waals surface area contributed by atoms with Crippen LogP contribution >= 0.6 is 23.5 Å². The highest BCUT2D eigenvalue weighted by Crippen LogP contribution is 2.35. The van der Waals surface area contributed by atoms with E-state index in [0.717, 1.165) is 10.7 Å². The van der Waals surface area contributed by atoms with Crippen molar-refractivity contribution in [1.82, 2.24) is 0 Å². The highest BCUT2D eigenvalue weighted by Gasteiger charge is 2.11. The van der Waals surface area contributed by atoms with Gasteiger partial charge < -0.3 is 4.74 Å². The number of benzene rings is 3. The third-order valence-electron chi connectivity index (χ3n) is 3.96. The molecule has 0 heterocycles. The van der Waals surface area contributed by atoms with Crippen molar-refractivity contribution in [3.63, 3.8) is 0 Å². The minimum atomic E-state index is 0.967. The van der Waals surface area contributed by atoms with Crippen LogP contribution in [0.2, 0.25) is 0 Å². The molecule has 3 aromatic rings. The van der Waals surface area contributed by atoms with Crippen LogP contribution in [-0.2, 0) is 4.74 Å². The van der Waals surface area contributed by atoms with E-state index in [4.69, 9.17) is 4.74 Å². The molecule has 0 saturated carbocycles. The number of hydrogen-bond acceptors (Lipinski definition) is 3. The van der Waals surface area contributed by atoms with Crippen LogP contribution < -0.4 is 0 Å². The van der Waals surface area contributed by atoms with Gasteiger partial charge >= 0.3 is 0 Å².